The molecular weight excluding hydrogens is 378 g/mol. The smallest absolute Gasteiger partial charge is 0.240 e. The van der Waals surface area contributed by atoms with Crippen molar-refractivity contribution in [3.8, 4) is 5.75 Å². The molecule has 158 valence electrons. The molecule has 0 saturated carbocycles. The quantitative estimate of drug-likeness (QED) is 0.581. The number of hydrogen-bond donors (Lipinski definition) is 1. The van der Waals surface area contributed by atoms with Crippen LogP contribution >= 0.6 is 0 Å². The zero-order valence-electron chi connectivity index (χ0n) is 17.2. The summed E-state index contributed by atoms with van der Waals surface area (Å²) in [5.74, 6) is 2.32. The number of aliphatic hydroxyl groups excluding tert-OH is 1. The van der Waals surface area contributed by atoms with E-state index < -0.39 is 0 Å². The van der Waals surface area contributed by atoms with E-state index in [-0.39, 0.29) is 6.10 Å². The van der Waals surface area contributed by atoms with E-state index in [1.807, 2.05) is 36.4 Å². The molecule has 2 heterocycles. The molecule has 0 radical (unpaired) electrons. The monoisotopic (exact) mass is 407 g/mol. The van der Waals surface area contributed by atoms with Crippen LogP contribution < -0.4 is 4.74 Å². The highest BCUT2D eigenvalue weighted by Crippen LogP contribution is 2.24. The summed E-state index contributed by atoms with van der Waals surface area (Å²) >= 11 is 0. The predicted molar refractivity (Wildman–Crippen MR) is 114 cm³/mol. The number of rotatable bonds is 9. The molecule has 2 aromatic carbocycles. The van der Waals surface area contributed by atoms with Gasteiger partial charge in [0, 0.05) is 0 Å². The average molecular weight is 408 g/mol. The lowest BCUT2D eigenvalue weighted by Gasteiger charge is -2.33. The molecule has 6 nitrogen and oxygen atoms in total. The van der Waals surface area contributed by atoms with E-state index >= 15 is 0 Å². The minimum Gasteiger partial charge on any atom is -0.485 e. The fourth-order valence-corrected chi connectivity index (χ4v) is 3.96. The van der Waals surface area contributed by atoms with E-state index in [1.54, 1.807) is 0 Å². The predicted octanol–water partition coefficient (Wildman–Crippen LogP) is 3.85. The third-order valence-corrected chi connectivity index (χ3v) is 5.73. The molecule has 0 bridgehead atoms. The Kier molecular flexibility index (Phi) is 7.11. The SMILES string of the molecule is O[C@@H](CCc1ccccc1)C1CCN(Cc2nc(COc3ccccc3)no2)CC1. The van der Waals surface area contributed by atoms with Gasteiger partial charge in [0.1, 0.15) is 5.75 Å². The summed E-state index contributed by atoms with van der Waals surface area (Å²) in [6.07, 6.45) is 3.50. The van der Waals surface area contributed by atoms with E-state index in [2.05, 4.69) is 39.3 Å². The van der Waals surface area contributed by atoms with Crippen LogP contribution in [0.2, 0.25) is 0 Å². The maximum absolute atomic E-state index is 10.6. The van der Waals surface area contributed by atoms with Crippen molar-refractivity contribution < 1.29 is 14.4 Å². The number of para-hydroxylation sites is 1. The van der Waals surface area contributed by atoms with Crippen molar-refractivity contribution in [2.24, 2.45) is 5.92 Å². The maximum Gasteiger partial charge on any atom is 0.240 e. The van der Waals surface area contributed by atoms with Crippen molar-refractivity contribution in [1.29, 1.82) is 0 Å². The minimum absolute atomic E-state index is 0.238. The second-order valence-corrected chi connectivity index (χ2v) is 7.91. The van der Waals surface area contributed by atoms with Crippen LogP contribution in [0.3, 0.4) is 0 Å². The molecule has 1 fully saturated rings. The summed E-state index contributed by atoms with van der Waals surface area (Å²) in [5, 5.41) is 14.6. The Balaban J connectivity index is 1.18. The number of ether oxygens (including phenoxy) is 1. The Hall–Kier alpha value is -2.70. The number of piperidine rings is 1. The largest absolute Gasteiger partial charge is 0.485 e. The van der Waals surface area contributed by atoms with Crippen molar-refractivity contribution in [2.75, 3.05) is 13.1 Å². The first-order valence-corrected chi connectivity index (χ1v) is 10.7. The van der Waals surface area contributed by atoms with Crippen LogP contribution in [0.15, 0.2) is 65.2 Å². The van der Waals surface area contributed by atoms with Gasteiger partial charge in [-0.2, -0.15) is 4.98 Å². The lowest BCUT2D eigenvalue weighted by Crippen LogP contribution is -2.37. The van der Waals surface area contributed by atoms with Gasteiger partial charge in [0.15, 0.2) is 6.61 Å². The van der Waals surface area contributed by atoms with Crippen LogP contribution in [-0.4, -0.2) is 39.3 Å². The number of hydrogen-bond acceptors (Lipinski definition) is 6. The third kappa shape index (κ3) is 5.90. The van der Waals surface area contributed by atoms with Crippen LogP contribution in [0.5, 0.6) is 5.75 Å². The van der Waals surface area contributed by atoms with Crippen LogP contribution in [0.25, 0.3) is 0 Å². The fraction of sp³-hybridized carbons (Fsp3) is 0.417. The first-order valence-electron chi connectivity index (χ1n) is 10.7. The van der Waals surface area contributed by atoms with Gasteiger partial charge < -0.3 is 14.4 Å². The lowest BCUT2D eigenvalue weighted by atomic mass is 9.88. The van der Waals surface area contributed by atoms with Gasteiger partial charge in [-0.3, -0.25) is 4.90 Å². The summed E-state index contributed by atoms with van der Waals surface area (Å²) in [5.41, 5.74) is 1.29. The van der Waals surface area contributed by atoms with Crippen LogP contribution in [0.4, 0.5) is 0 Å². The zero-order valence-corrected chi connectivity index (χ0v) is 17.2. The first-order chi connectivity index (χ1) is 14.8. The Morgan fingerprint density at radius 2 is 1.73 bits per heavy atom. The molecule has 1 N–H and O–H groups in total. The highest BCUT2D eigenvalue weighted by atomic mass is 16.5. The van der Waals surface area contributed by atoms with Crippen molar-refractivity contribution in [3.63, 3.8) is 0 Å². The molecule has 1 aromatic heterocycles. The molecule has 4 rings (SSSR count). The molecule has 0 aliphatic carbocycles. The number of aliphatic hydroxyl groups is 1. The number of aryl methyl sites for hydroxylation is 1. The highest BCUT2D eigenvalue weighted by molar-refractivity contribution is 5.21. The van der Waals surface area contributed by atoms with Crippen molar-refractivity contribution in [2.45, 2.75) is 44.9 Å². The average Bonchev–Trinajstić information content (AvgIpc) is 3.25. The van der Waals surface area contributed by atoms with Gasteiger partial charge >= 0.3 is 0 Å². The number of benzene rings is 2. The first kappa shape index (κ1) is 20.6. The summed E-state index contributed by atoms with van der Waals surface area (Å²) in [7, 11) is 0. The Morgan fingerprint density at radius 1 is 1.03 bits per heavy atom. The molecule has 0 spiro atoms. The minimum atomic E-state index is -0.238. The molecule has 1 saturated heterocycles. The van der Waals surface area contributed by atoms with Crippen LogP contribution in [-0.2, 0) is 19.6 Å². The normalized spacial score (nSPS) is 16.4. The summed E-state index contributed by atoms with van der Waals surface area (Å²) in [6, 6.07) is 20.0. The Bertz CT molecular complexity index is 877. The second kappa shape index (κ2) is 10.4. The molecule has 1 aliphatic heterocycles. The van der Waals surface area contributed by atoms with Crippen molar-refractivity contribution in [1.82, 2.24) is 15.0 Å². The van der Waals surface area contributed by atoms with E-state index in [4.69, 9.17) is 9.26 Å². The number of nitrogens with zero attached hydrogens (tertiary/aromatic N) is 3. The lowest BCUT2D eigenvalue weighted by molar-refractivity contribution is 0.0492. The molecule has 0 amide bonds. The standard InChI is InChI=1S/C24H29N3O3/c28-22(12-11-19-7-3-1-4-8-19)20-13-15-27(16-14-20)17-24-25-23(26-30-24)18-29-21-9-5-2-6-10-21/h1-10,20,22,28H,11-18H2/t22-/m0/s1. The second-order valence-electron chi connectivity index (χ2n) is 7.91. The zero-order chi connectivity index (χ0) is 20.6. The summed E-state index contributed by atoms with van der Waals surface area (Å²) in [6.45, 7) is 2.81. The van der Waals surface area contributed by atoms with E-state index in [0.29, 0.717) is 30.8 Å². The molecule has 6 heteroatoms. The van der Waals surface area contributed by atoms with Gasteiger partial charge in [0.05, 0.1) is 12.6 Å². The summed E-state index contributed by atoms with van der Waals surface area (Å²) in [4.78, 5) is 6.76. The van der Waals surface area contributed by atoms with E-state index in [1.165, 1.54) is 5.56 Å². The van der Waals surface area contributed by atoms with Gasteiger partial charge in [0.25, 0.3) is 0 Å². The third-order valence-electron chi connectivity index (χ3n) is 5.73. The maximum atomic E-state index is 10.6. The number of likely N-dealkylation sites (tertiary alicyclic amines) is 1. The van der Waals surface area contributed by atoms with Crippen LogP contribution in [0.1, 0.15) is 36.5 Å². The van der Waals surface area contributed by atoms with E-state index in [9.17, 15) is 5.11 Å². The van der Waals surface area contributed by atoms with Gasteiger partial charge in [-0.1, -0.05) is 53.7 Å². The molecule has 1 atom stereocenters. The Labute approximate surface area is 177 Å². The number of aromatic nitrogens is 2. The molecule has 3 aromatic rings. The van der Waals surface area contributed by atoms with Crippen molar-refractivity contribution in [3.05, 3.63) is 77.9 Å². The molecular formula is C24H29N3O3. The van der Waals surface area contributed by atoms with Gasteiger partial charge in [-0.05, 0) is 62.4 Å². The van der Waals surface area contributed by atoms with Gasteiger partial charge in [-0.25, -0.2) is 0 Å². The van der Waals surface area contributed by atoms with Gasteiger partial charge in [-0.15, -0.1) is 0 Å². The van der Waals surface area contributed by atoms with Crippen molar-refractivity contribution >= 4 is 0 Å². The summed E-state index contributed by atoms with van der Waals surface area (Å²) < 4.78 is 11.0. The van der Waals surface area contributed by atoms with Crippen LogP contribution in [0, 0.1) is 5.92 Å². The molecule has 0 unspecified atom stereocenters. The highest BCUT2D eigenvalue weighted by Gasteiger charge is 2.26. The van der Waals surface area contributed by atoms with E-state index in [0.717, 1.165) is 44.5 Å². The Morgan fingerprint density at radius 3 is 2.47 bits per heavy atom. The fourth-order valence-electron chi connectivity index (χ4n) is 3.96. The molecule has 1 aliphatic rings. The molecule has 30 heavy (non-hydrogen) atoms. The van der Waals surface area contributed by atoms with Gasteiger partial charge in [0.2, 0.25) is 11.7 Å². The topological polar surface area (TPSA) is 71.6 Å².